The molecule has 0 amide bonds. The van der Waals surface area contributed by atoms with E-state index < -0.39 is 11.6 Å². The Morgan fingerprint density at radius 3 is 2.54 bits per heavy atom. The van der Waals surface area contributed by atoms with Gasteiger partial charge in [0.05, 0.1) is 19.1 Å². The number of carbonyl (C=O) groups is 1. The molecule has 0 unspecified atom stereocenters. The van der Waals surface area contributed by atoms with Gasteiger partial charge in [-0.2, -0.15) is 0 Å². The molecule has 0 saturated carbocycles. The van der Waals surface area contributed by atoms with Crippen LogP contribution in [0.15, 0.2) is 59.1 Å². The summed E-state index contributed by atoms with van der Waals surface area (Å²) in [7, 11) is 1.41. The number of nitrogens with zero attached hydrogens (tertiary/aromatic N) is 2. The summed E-state index contributed by atoms with van der Waals surface area (Å²) in [5.41, 5.74) is 2.59. The van der Waals surface area contributed by atoms with Gasteiger partial charge < -0.3 is 28.4 Å². The van der Waals surface area contributed by atoms with E-state index in [2.05, 4.69) is 5.16 Å². The molecule has 1 saturated heterocycles. The molecule has 0 atom stereocenters. The summed E-state index contributed by atoms with van der Waals surface area (Å²) in [4.78, 5) is 14.4. The number of methoxy groups -OCH3 is 1. The van der Waals surface area contributed by atoms with Crippen molar-refractivity contribution in [1.82, 2.24) is 5.16 Å². The van der Waals surface area contributed by atoms with Gasteiger partial charge in [-0.15, -0.1) is 0 Å². The molecule has 216 valence electrons. The first-order valence-corrected chi connectivity index (χ1v) is 13.6. The normalized spacial score (nSPS) is 13.8. The topological polar surface area (TPSA) is 83.3 Å². The van der Waals surface area contributed by atoms with Crippen LogP contribution in [0, 0.1) is 17.6 Å². The molecule has 41 heavy (non-hydrogen) atoms. The lowest BCUT2D eigenvalue weighted by Gasteiger charge is -2.29. The van der Waals surface area contributed by atoms with Crippen LogP contribution >= 0.6 is 0 Å². The van der Waals surface area contributed by atoms with Crippen LogP contribution in [-0.2, 0) is 20.9 Å². The van der Waals surface area contributed by atoms with Crippen LogP contribution in [0.3, 0.4) is 0 Å². The lowest BCUT2D eigenvalue weighted by Crippen LogP contribution is -2.37. The van der Waals surface area contributed by atoms with Crippen LogP contribution in [-0.4, -0.2) is 51.1 Å². The number of anilines is 1. The van der Waals surface area contributed by atoms with Crippen molar-refractivity contribution in [1.29, 1.82) is 0 Å². The maximum absolute atomic E-state index is 13.9. The van der Waals surface area contributed by atoms with Crippen molar-refractivity contribution in [3.8, 4) is 22.6 Å². The van der Waals surface area contributed by atoms with Gasteiger partial charge in [0, 0.05) is 31.4 Å². The Labute approximate surface area is 236 Å². The van der Waals surface area contributed by atoms with Crippen LogP contribution in [0.1, 0.15) is 25.3 Å². The molecule has 0 radical (unpaired) electrons. The number of benzene rings is 3. The molecule has 1 fully saturated rings. The third kappa shape index (κ3) is 6.77. The van der Waals surface area contributed by atoms with Crippen molar-refractivity contribution in [2.24, 2.45) is 5.92 Å². The highest BCUT2D eigenvalue weighted by Gasteiger charge is 2.24. The minimum Gasteiger partial charge on any atom is -0.496 e. The molecule has 0 aliphatic carbocycles. The first-order chi connectivity index (χ1) is 19.9. The van der Waals surface area contributed by atoms with Crippen molar-refractivity contribution < 1.29 is 37.0 Å². The molecule has 10 heteroatoms. The van der Waals surface area contributed by atoms with E-state index in [-0.39, 0.29) is 24.9 Å². The van der Waals surface area contributed by atoms with Gasteiger partial charge in [-0.25, -0.2) is 8.78 Å². The number of esters is 1. The predicted octanol–water partition coefficient (Wildman–Crippen LogP) is 6.16. The maximum Gasteiger partial charge on any atom is 0.325 e. The van der Waals surface area contributed by atoms with E-state index in [4.69, 9.17) is 23.5 Å². The molecule has 8 nitrogen and oxygen atoms in total. The van der Waals surface area contributed by atoms with Crippen molar-refractivity contribution >= 4 is 22.8 Å². The fraction of sp³-hybridized carbons (Fsp3) is 0.355. The average Bonchev–Trinajstić information content (AvgIpc) is 3.41. The fourth-order valence-corrected chi connectivity index (χ4v) is 4.94. The number of halogens is 2. The molecular formula is C31H32F2N2O6. The van der Waals surface area contributed by atoms with Crippen molar-refractivity contribution in [3.63, 3.8) is 0 Å². The summed E-state index contributed by atoms with van der Waals surface area (Å²) in [6.45, 7) is 4.48. The minimum absolute atomic E-state index is 0.0721. The Balaban J connectivity index is 1.32. The van der Waals surface area contributed by atoms with Crippen molar-refractivity contribution in [3.05, 3.63) is 71.8 Å². The van der Waals surface area contributed by atoms with Gasteiger partial charge in [0.2, 0.25) is 0 Å². The molecule has 0 N–H and O–H groups in total. The molecular weight excluding hydrogens is 534 g/mol. The second-order valence-electron chi connectivity index (χ2n) is 9.86. The zero-order valence-corrected chi connectivity index (χ0v) is 23.0. The van der Waals surface area contributed by atoms with Crippen LogP contribution in [0.4, 0.5) is 14.6 Å². The lowest BCUT2D eigenvalue weighted by atomic mass is 9.99. The molecule has 2 heterocycles. The van der Waals surface area contributed by atoms with Crippen molar-refractivity contribution in [2.45, 2.75) is 26.4 Å². The summed E-state index contributed by atoms with van der Waals surface area (Å²) in [5.74, 6) is -0.436. The lowest BCUT2D eigenvalue weighted by molar-refractivity contribution is -0.141. The van der Waals surface area contributed by atoms with Gasteiger partial charge in [-0.1, -0.05) is 23.4 Å². The number of fused-ring (bicyclic) bond motifs is 1. The number of rotatable bonds is 11. The van der Waals surface area contributed by atoms with Crippen LogP contribution in [0.2, 0.25) is 0 Å². The number of hydrogen-bond donors (Lipinski definition) is 0. The van der Waals surface area contributed by atoms with Gasteiger partial charge in [0.1, 0.15) is 24.7 Å². The fourth-order valence-electron chi connectivity index (χ4n) is 4.94. The SMILES string of the molecule is CCOC(=O)CN(CC1CCOCC1)c1noc2ccc(COc3ccc(-c4cc(F)c(F)cc4OC)cc3)cc12. The molecule has 4 aromatic rings. The smallest absolute Gasteiger partial charge is 0.325 e. The molecule has 3 aromatic carbocycles. The highest BCUT2D eigenvalue weighted by molar-refractivity contribution is 5.90. The second-order valence-corrected chi connectivity index (χ2v) is 9.86. The number of aromatic nitrogens is 1. The van der Waals surface area contributed by atoms with Crippen LogP contribution in [0.25, 0.3) is 22.1 Å². The van der Waals surface area contributed by atoms with E-state index in [1.165, 1.54) is 7.11 Å². The molecule has 1 aliphatic heterocycles. The molecule has 0 spiro atoms. The Morgan fingerprint density at radius 2 is 1.80 bits per heavy atom. The highest BCUT2D eigenvalue weighted by atomic mass is 19.2. The van der Waals surface area contributed by atoms with E-state index in [0.29, 0.717) is 60.6 Å². The molecule has 5 rings (SSSR count). The minimum atomic E-state index is -0.967. The quantitative estimate of drug-likeness (QED) is 0.200. The molecule has 1 aliphatic rings. The van der Waals surface area contributed by atoms with E-state index in [0.717, 1.165) is 35.9 Å². The van der Waals surface area contributed by atoms with Gasteiger partial charge >= 0.3 is 5.97 Å². The second kappa shape index (κ2) is 13.0. The molecule has 1 aromatic heterocycles. The zero-order chi connectivity index (χ0) is 28.8. The Hall–Kier alpha value is -4.18. The first kappa shape index (κ1) is 28.4. The predicted molar refractivity (Wildman–Crippen MR) is 149 cm³/mol. The standard InChI is InChI=1S/C31H32F2N2O6/c1-3-39-30(36)18-35(17-20-10-12-38-13-11-20)31-25-14-21(4-9-28(25)41-34-31)19-40-23-7-5-22(6-8-23)24-15-26(32)27(33)16-29(24)37-2/h4-9,14-16,20H,3,10-13,17-19H2,1-2H3. The first-order valence-electron chi connectivity index (χ1n) is 13.6. The van der Waals surface area contributed by atoms with E-state index in [1.54, 1.807) is 31.2 Å². The summed E-state index contributed by atoms with van der Waals surface area (Å²) in [6.07, 6.45) is 1.83. The van der Waals surface area contributed by atoms with Crippen molar-refractivity contribution in [2.75, 3.05) is 44.9 Å². The number of ether oxygens (including phenoxy) is 4. The Bertz CT molecular complexity index is 1480. The summed E-state index contributed by atoms with van der Waals surface area (Å²) < 4.78 is 55.0. The number of carbonyl (C=O) groups excluding carboxylic acids is 1. The van der Waals surface area contributed by atoms with Crippen LogP contribution < -0.4 is 14.4 Å². The third-order valence-corrected chi connectivity index (χ3v) is 7.07. The van der Waals surface area contributed by atoms with Gasteiger partial charge in [0.25, 0.3) is 0 Å². The Kier molecular flexibility index (Phi) is 8.98. The maximum atomic E-state index is 13.9. The monoisotopic (exact) mass is 566 g/mol. The average molecular weight is 567 g/mol. The summed E-state index contributed by atoms with van der Waals surface area (Å²) in [6, 6.07) is 14.9. The van der Waals surface area contributed by atoms with Crippen LogP contribution in [0.5, 0.6) is 11.5 Å². The molecule has 0 bridgehead atoms. The van der Waals surface area contributed by atoms with Gasteiger partial charge in [-0.05, 0) is 67.1 Å². The largest absolute Gasteiger partial charge is 0.496 e. The van der Waals surface area contributed by atoms with E-state index >= 15 is 0 Å². The summed E-state index contributed by atoms with van der Waals surface area (Å²) >= 11 is 0. The van der Waals surface area contributed by atoms with Gasteiger partial charge in [0.15, 0.2) is 23.0 Å². The number of hydrogen-bond acceptors (Lipinski definition) is 8. The highest BCUT2D eigenvalue weighted by Crippen LogP contribution is 2.34. The van der Waals surface area contributed by atoms with E-state index in [1.807, 2.05) is 23.1 Å². The Morgan fingerprint density at radius 1 is 1.05 bits per heavy atom. The summed E-state index contributed by atoms with van der Waals surface area (Å²) in [5, 5.41) is 5.09. The zero-order valence-electron chi connectivity index (χ0n) is 23.0. The third-order valence-electron chi connectivity index (χ3n) is 7.07. The van der Waals surface area contributed by atoms with E-state index in [9.17, 15) is 13.6 Å². The van der Waals surface area contributed by atoms with Gasteiger partial charge in [-0.3, -0.25) is 4.79 Å².